The zero-order valence-electron chi connectivity index (χ0n) is 12.7. The highest BCUT2D eigenvalue weighted by Crippen LogP contribution is 2.18. The molecule has 1 aromatic carbocycles. The predicted molar refractivity (Wildman–Crippen MR) is 92.7 cm³/mol. The van der Waals surface area contributed by atoms with E-state index in [1.54, 1.807) is 24.5 Å². The maximum atomic E-state index is 13.3. The Kier molecular flexibility index (Phi) is 5.90. The van der Waals surface area contributed by atoms with Crippen LogP contribution in [0.15, 0.2) is 27.7 Å². The summed E-state index contributed by atoms with van der Waals surface area (Å²) < 4.78 is 14.1. The van der Waals surface area contributed by atoms with Crippen LogP contribution in [-0.2, 0) is 13.1 Å². The van der Waals surface area contributed by atoms with Gasteiger partial charge in [-0.1, -0.05) is 15.9 Å². The lowest BCUT2D eigenvalue weighted by molar-refractivity contribution is 0.624. The molecule has 1 aromatic heterocycles. The van der Waals surface area contributed by atoms with Crippen LogP contribution in [-0.4, -0.2) is 18.0 Å². The van der Waals surface area contributed by atoms with Crippen molar-refractivity contribution in [1.29, 1.82) is 0 Å². The third-order valence-electron chi connectivity index (χ3n) is 3.16. The van der Waals surface area contributed by atoms with Crippen LogP contribution in [0.4, 0.5) is 4.39 Å². The second-order valence-corrected chi connectivity index (χ2v) is 6.91. The predicted octanol–water partition coefficient (Wildman–Crippen LogP) is 3.53. The van der Waals surface area contributed by atoms with Gasteiger partial charge in [-0.05, 0) is 37.6 Å². The molecule has 2 aromatic rings. The molecule has 0 unspecified atom stereocenters. The van der Waals surface area contributed by atoms with E-state index in [4.69, 9.17) is 0 Å². The SMILES string of the molecule is CN=C(NCc1nc(C)c(C)s1)NCc1cc(F)ccc1Br. The second kappa shape index (κ2) is 7.69. The number of nitrogens with zero attached hydrogens (tertiary/aromatic N) is 2. The summed E-state index contributed by atoms with van der Waals surface area (Å²) in [6.45, 7) is 5.16. The molecule has 0 bridgehead atoms. The number of nitrogens with one attached hydrogen (secondary N) is 2. The fraction of sp³-hybridized carbons (Fsp3) is 0.333. The van der Waals surface area contributed by atoms with E-state index in [1.165, 1.54) is 17.0 Å². The summed E-state index contributed by atoms with van der Waals surface area (Å²) in [4.78, 5) is 9.86. The van der Waals surface area contributed by atoms with Gasteiger partial charge in [0.05, 0.1) is 12.2 Å². The lowest BCUT2D eigenvalue weighted by Gasteiger charge is -2.12. The first-order valence-electron chi connectivity index (χ1n) is 6.81. The van der Waals surface area contributed by atoms with Crippen LogP contribution in [0.1, 0.15) is 21.1 Å². The number of hydrogen-bond acceptors (Lipinski definition) is 3. The van der Waals surface area contributed by atoms with Crippen molar-refractivity contribution in [3.8, 4) is 0 Å². The van der Waals surface area contributed by atoms with Crippen LogP contribution in [0.2, 0.25) is 0 Å². The zero-order chi connectivity index (χ0) is 16.1. The Balaban J connectivity index is 1.91. The molecule has 0 amide bonds. The third-order valence-corrected chi connectivity index (χ3v) is 5.00. The minimum Gasteiger partial charge on any atom is -0.352 e. The Morgan fingerprint density at radius 3 is 2.68 bits per heavy atom. The van der Waals surface area contributed by atoms with Gasteiger partial charge in [0, 0.05) is 22.9 Å². The van der Waals surface area contributed by atoms with Crippen LogP contribution in [0.3, 0.4) is 0 Å². The molecule has 0 atom stereocenters. The molecule has 22 heavy (non-hydrogen) atoms. The van der Waals surface area contributed by atoms with Crippen LogP contribution in [0.5, 0.6) is 0 Å². The Labute approximate surface area is 142 Å². The first-order chi connectivity index (χ1) is 10.5. The van der Waals surface area contributed by atoms with E-state index < -0.39 is 0 Å². The lowest BCUT2D eigenvalue weighted by Crippen LogP contribution is -2.36. The van der Waals surface area contributed by atoms with Gasteiger partial charge < -0.3 is 10.6 Å². The maximum absolute atomic E-state index is 13.3. The van der Waals surface area contributed by atoms with Crippen molar-refractivity contribution in [2.24, 2.45) is 4.99 Å². The average Bonchev–Trinajstić information content (AvgIpc) is 2.81. The Morgan fingerprint density at radius 2 is 2.05 bits per heavy atom. The first-order valence-corrected chi connectivity index (χ1v) is 8.42. The van der Waals surface area contributed by atoms with Gasteiger partial charge >= 0.3 is 0 Å². The van der Waals surface area contributed by atoms with Gasteiger partial charge in [-0.25, -0.2) is 9.37 Å². The molecule has 0 aliphatic rings. The normalized spacial score (nSPS) is 11.6. The molecule has 2 rings (SSSR count). The van der Waals surface area contributed by atoms with Crippen molar-refractivity contribution in [2.75, 3.05) is 7.05 Å². The van der Waals surface area contributed by atoms with Gasteiger partial charge in [0.2, 0.25) is 0 Å². The standard InChI is InChI=1S/C15H18BrFN4S/c1-9-10(2)22-14(21-9)8-20-15(18-3)19-7-11-6-12(17)4-5-13(11)16/h4-6H,7-8H2,1-3H3,(H2,18,19,20). The quantitative estimate of drug-likeness (QED) is 0.626. The topological polar surface area (TPSA) is 49.3 Å². The Hall–Kier alpha value is -1.47. The van der Waals surface area contributed by atoms with E-state index in [9.17, 15) is 4.39 Å². The molecule has 0 saturated heterocycles. The van der Waals surface area contributed by atoms with Gasteiger partial charge in [0.1, 0.15) is 10.8 Å². The molecule has 0 fully saturated rings. The summed E-state index contributed by atoms with van der Waals surface area (Å²) in [6, 6.07) is 4.62. The number of hydrogen-bond donors (Lipinski definition) is 2. The van der Waals surface area contributed by atoms with Crippen LogP contribution < -0.4 is 10.6 Å². The number of benzene rings is 1. The fourth-order valence-corrected chi connectivity index (χ4v) is 3.11. The molecule has 1 heterocycles. The van der Waals surface area contributed by atoms with Crippen LogP contribution >= 0.6 is 27.3 Å². The van der Waals surface area contributed by atoms with E-state index in [1.807, 2.05) is 6.92 Å². The molecule has 4 nitrogen and oxygen atoms in total. The maximum Gasteiger partial charge on any atom is 0.191 e. The lowest BCUT2D eigenvalue weighted by atomic mass is 10.2. The van der Waals surface area contributed by atoms with Crippen LogP contribution in [0.25, 0.3) is 0 Å². The van der Waals surface area contributed by atoms with E-state index in [0.29, 0.717) is 19.0 Å². The number of aliphatic imine (C=N–C) groups is 1. The molecule has 0 aliphatic heterocycles. The monoisotopic (exact) mass is 384 g/mol. The number of aromatic nitrogens is 1. The first kappa shape index (κ1) is 16.9. The van der Waals surface area contributed by atoms with E-state index >= 15 is 0 Å². The summed E-state index contributed by atoms with van der Waals surface area (Å²) in [7, 11) is 1.70. The number of guanidine groups is 1. The van der Waals surface area contributed by atoms with Gasteiger partial charge in [0.25, 0.3) is 0 Å². The molecule has 0 spiro atoms. The minimum absolute atomic E-state index is 0.253. The zero-order valence-corrected chi connectivity index (χ0v) is 15.1. The molecule has 0 radical (unpaired) electrons. The molecular weight excluding hydrogens is 367 g/mol. The van der Waals surface area contributed by atoms with Gasteiger partial charge in [0.15, 0.2) is 5.96 Å². The van der Waals surface area contributed by atoms with Crippen molar-refractivity contribution in [1.82, 2.24) is 15.6 Å². The summed E-state index contributed by atoms with van der Waals surface area (Å²) in [5, 5.41) is 7.39. The molecule has 0 saturated carbocycles. The number of aryl methyl sites for hydroxylation is 2. The van der Waals surface area contributed by atoms with Gasteiger partial charge in [-0.2, -0.15) is 0 Å². The van der Waals surface area contributed by atoms with E-state index in [-0.39, 0.29) is 5.82 Å². The highest BCUT2D eigenvalue weighted by atomic mass is 79.9. The summed E-state index contributed by atoms with van der Waals surface area (Å²) >= 11 is 5.09. The summed E-state index contributed by atoms with van der Waals surface area (Å²) in [5.41, 5.74) is 1.90. The molecule has 0 aliphatic carbocycles. The van der Waals surface area contributed by atoms with Crippen LogP contribution in [0, 0.1) is 19.7 Å². The van der Waals surface area contributed by atoms with Crippen molar-refractivity contribution in [3.63, 3.8) is 0 Å². The highest BCUT2D eigenvalue weighted by molar-refractivity contribution is 9.10. The van der Waals surface area contributed by atoms with Gasteiger partial charge in [-0.15, -0.1) is 11.3 Å². The third kappa shape index (κ3) is 4.51. The number of thiazole rings is 1. The molecule has 7 heteroatoms. The van der Waals surface area contributed by atoms with Crippen molar-refractivity contribution in [3.05, 3.63) is 49.6 Å². The fourth-order valence-electron chi connectivity index (χ4n) is 1.85. The summed E-state index contributed by atoms with van der Waals surface area (Å²) in [5.74, 6) is 0.401. The highest BCUT2D eigenvalue weighted by Gasteiger charge is 2.06. The van der Waals surface area contributed by atoms with Crippen molar-refractivity contribution in [2.45, 2.75) is 26.9 Å². The van der Waals surface area contributed by atoms with Gasteiger partial charge in [-0.3, -0.25) is 4.99 Å². The number of rotatable bonds is 4. The second-order valence-electron chi connectivity index (χ2n) is 4.76. The largest absolute Gasteiger partial charge is 0.352 e. The molecule has 118 valence electrons. The van der Waals surface area contributed by atoms with Crippen molar-refractivity contribution < 1.29 is 4.39 Å². The van der Waals surface area contributed by atoms with E-state index in [2.05, 4.69) is 43.5 Å². The smallest absolute Gasteiger partial charge is 0.191 e. The van der Waals surface area contributed by atoms with E-state index in [0.717, 1.165) is 20.7 Å². The molecular formula is C15H18BrFN4S. The number of halogens is 2. The minimum atomic E-state index is -0.253. The Bertz CT molecular complexity index is 665. The molecule has 2 N–H and O–H groups in total. The Morgan fingerprint density at radius 1 is 1.32 bits per heavy atom. The van der Waals surface area contributed by atoms with Crippen molar-refractivity contribution >= 4 is 33.2 Å². The average molecular weight is 385 g/mol. The summed E-state index contributed by atoms with van der Waals surface area (Å²) in [6.07, 6.45) is 0.